The molecule has 11 nitrogen and oxygen atoms in total. The molecule has 0 aliphatic rings. The number of nitro benzene ring substituents is 2. The molecule has 0 aliphatic heterocycles. The average Bonchev–Trinajstić information content (AvgIpc) is 3.17. The van der Waals surface area contributed by atoms with Crippen molar-refractivity contribution in [2.24, 2.45) is 0 Å². The maximum atomic E-state index is 12.3. The molecule has 154 valence electrons. The number of anilines is 1. The number of benzene rings is 2. The molecular weight excluding hydrogens is 414 g/mol. The molecule has 0 spiro atoms. The molecule has 0 bridgehead atoms. The van der Waals surface area contributed by atoms with Crippen LogP contribution in [-0.4, -0.2) is 31.7 Å². The zero-order chi connectivity index (χ0) is 21.8. The summed E-state index contributed by atoms with van der Waals surface area (Å²) >= 11 is 0.909. The number of carbonyl (C=O) groups is 1. The predicted molar refractivity (Wildman–Crippen MR) is 108 cm³/mol. The second kappa shape index (κ2) is 8.69. The molecule has 3 aromatic rings. The predicted octanol–water partition coefficient (Wildman–Crippen LogP) is 3.90. The number of amides is 1. The minimum Gasteiger partial charge on any atom is -0.411 e. The minimum absolute atomic E-state index is 0.0356. The van der Waals surface area contributed by atoms with Gasteiger partial charge in [0.05, 0.1) is 15.6 Å². The molecule has 3 rings (SSSR count). The van der Waals surface area contributed by atoms with Crippen molar-refractivity contribution in [3.05, 3.63) is 67.8 Å². The van der Waals surface area contributed by atoms with Gasteiger partial charge in [0.1, 0.15) is 11.3 Å². The maximum Gasteiger partial charge on any atom is 0.293 e. The molecule has 30 heavy (non-hydrogen) atoms. The summed E-state index contributed by atoms with van der Waals surface area (Å²) in [6, 6.07) is 9.02. The van der Waals surface area contributed by atoms with Crippen molar-refractivity contribution in [1.29, 1.82) is 0 Å². The Morgan fingerprint density at radius 2 is 1.80 bits per heavy atom. The molecule has 1 N–H and O–H groups in total. The Bertz CT molecular complexity index is 1150. The molecule has 2 aromatic carbocycles. The quantitative estimate of drug-likeness (QED) is 0.334. The summed E-state index contributed by atoms with van der Waals surface area (Å²) in [4.78, 5) is 33.6. The van der Waals surface area contributed by atoms with Crippen LogP contribution in [0.5, 0.6) is 0 Å². The van der Waals surface area contributed by atoms with E-state index < -0.39 is 15.8 Å². The van der Waals surface area contributed by atoms with Crippen LogP contribution in [-0.2, 0) is 4.79 Å². The summed E-state index contributed by atoms with van der Waals surface area (Å²) in [5.74, 6) is -0.695. The average molecular weight is 429 g/mol. The number of aryl methyl sites for hydroxylation is 2. The fourth-order valence-electron chi connectivity index (χ4n) is 2.75. The van der Waals surface area contributed by atoms with Gasteiger partial charge in [0.25, 0.3) is 22.5 Å². The molecule has 0 saturated carbocycles. The molecule has 0 saturated heterocycles. The standard InChI is InChI=1S/C18H15N5O6S/c1-10-7-11(2)16(14(8-10)23(27)28)19-15(24)9-30-18-21-20-17(29-18)12-5-3-4-6-13(12)22(25)26/h3-8H,9H2,1-2H3,(H,19,24). The molecule has 0 radical (unpaired) electrons. The van der Waals surface area contributed by atoms with E-state index in [0.717, 1.165) is 11.8 Å². The summed E-state index contributed by atoms with van der Waals surface area (Å²) in [7, 11) is 0. The number of rotatable bonds is 7. The van der Waals surface area contributed by atoms with Crippen LogP contribution in [0.25, 0.3) is 11.5 Å². The highest BCUT2D eigenvalue weighted by atomic mass is 32.2. The Kier molecular flexibility index (Phi) is 6.06. The molecule has 0 fully saturated rings. The van der Waals surface area contributed by atoms with Gasteiger partial charge in [-0.2, -0.15) is 0 Å². The molecule has 1 aromatic heterocycles. The number of thioether (sulfide) groups is 1. The van der Waals surface area contributed by atoms with Gasteiger partial charge in [-0.05, 0) is 31.0 Å². The van der Waals surface area contributed by atoms with Gasteiger partial charge in [-0.25, -0.2) is 0 Å². The third-order valence-electron chi connectivity index (χ3n) is 3.98. The highest BCUT2D eigenvalue weighted by molar-refractivity contribution is 7.99. The second-order valence-corrected chi connectivity index (χ2v) is 7.14. The molecule has 1 amide bonds. The Morgan fingerprint density at radius 1 is 1.10 bits per heavy atom. The zero-order valence-corrected chi connectivity index (χ0v) is 16.6. The second-order valence-electron chi connectivity index (χ2n) is 6.22. The van der Waals surface area contributed by atoms with Crippen LogP contribution >= 0.6 is 11.8 Å². The van der Waals surface area contributed by atoms with E-state index in [9.17, 15) is 25.0 Å². The number of para-hydroxylation sites is 1. The lowest BCUT2D eigenvalue weighted by Crippen LogP contribution is -2.16. The first-order valence-electron chi connectivity index (χ1n) is 8.52. The van der Waals surface area contributed by atoms with E-state index in [0.29, 0.717) is 11.1 Å². The van der Waals surface area contributed by atoms with Gasteiger partial charge in [0, 0.05) is 12.1 Å². The first kappa shape index (κ1) is 20.9. The Balaban J connectivity index is 1.70. The van der Waals surface area contributed by atoms with Gasteiger partial charge >= 0.3 is 0 Å². The highest BCUT2D eigenvalue weighted by Gasteiger charge is 2.21. The number of aromatic nitrogens is 2. The largest absolute Gasteiger partial charge is 0.411 e. The van der Waals surface area contributed by atoms with Crippen LogP contribution in [0.4, 0.5) is 17.1 Å². The van der Waals surface area contributed by atoms with Crippen LogP contribution in [0.1, 0.15) is 11.1 Å². The summed E-state index contributed by atoms with van der Waals surface area (Å²) in [5, 5.41) is 32.5. The van der Waals surface area contributed by atoms with E-state index in [1.54, 1.807) is 26.0 Å². The molecule has 1 heterocycles. The van der Waals surface area contributed by atoms with E-state index in [1.807, 2.05) is 0 Å². The normalized spacial score (nSPS) is 10.6. The van der Waals surface area contributed by atoms with Crippen LogP contribution in [0.3, 0.4) is 0 Å². The molecule has 0 unspecified atom stereocenters. The van der Waals surface area contributed by atoms with Gasteiger partial charge in [0.15, 0.2) is 0 Å². The maximum absolute atomic E-state index is 12.3. The van der Waals surface area contributed by atoms with Crippen LogP contribution in [0.15, 0.2) is 46.0 Å². The first-order valence-corrected chi connectivity index (χ1v) is 9.50. The number of hydrogen-bond donors (Lipinski definition) is 1. The van der Waals surface area contributed by atoms with Crippen LogP contribution < -0.4 is 5.32 Å². The number of carbonyl (C=O) groups excluding carboxylic acids is 1. The van der Waals surface area contributed by atoms with Crippen molar-refractivity contribution in [3.8, 4) is 11.5 Å². The number of nitrogens with zero attached hydrogens (tertiary/aromatic N) is 4. The molecule has 12 heteroatoms. The Labute approximate surface area is 173 Å². The fraction of sp³-hybridized carbons (Fsp3) is 0.167. The van der Waals surface area contributed by atoms with E-state index >= 15 is 0 Å². The van der Waals surface area contributed by atoms with Gasteiger partial charge in [0.2, 0.25) is 5.91 Å². The lowest BCUT2D eigenvalue weighted by Gasteiger charge is -2.09. The molecule has 0 aliphatic carbocycles. The van der Waals surface area contributed by atoms with Crippen molar-refractivity contribution in [2.75, 3.05) is 11.1 Å². The lowest BCUT2D eigenvalue weighted by atomic mass is 10.1. The minimum atomic E-state index is -0.559. The van der Waals surface area contributed by atoms with Crippen molar-refractivity contribution in [1.82, 2.24) is 10.2 Å². The third kappa shape index (κ3) is 4.60. The van der Waals surface area contributed by atoms with E-state index in [4.69, 9.17) is 4.42 Å². The van der Waals surface area contributed by atoms with Gasteiger partial charge in [-0.3, -0.25) is 25.0 Å². The number of nitrogens with one attached hydrogen (secondary N) is 1. The van der Waals surface area contributed by atoms with E-state index in [2.05, 4.69) is 15.5 Å². The third-order valence-corrected chi connectivity index (χ3v) is 4.80. The molecule has 0 atom stereocenters. The topological polar surface area (TPSA) is 154 Å². The van der Waals surface area contributed by atoms with Gasteiger partial charge in [-0.15, -0.1) is 10.2 Å². The fourth-order valence-corrected chi connectivity index (χ4v) is 3.31. The monoisotopic (exact) mass is 429 g/mol. The van der Waals surface area contributed by atoms with E-state index in [-0.39, 0.29) is 39.5 Å². The first-order chi connectivity index (χ1) is 14.3. The van der Waals surface area contributed by atoms with Crippen LogP contribution in [0.2, 0.25) is 0 Å². The van der Waals surface area contributed by atoms with Crippen molar-refractivity contribution < 1.29 is 19.1 Å². The highest BCUT2D eigenvalue weighted by Crippen LogP contribution is 2.32. The van der Waals surface area contributed by atoms with Crippen LogP contribution in [0, 0.1) is 34.1 Å². The van der Waals surface area contributed by atoms with Gasteiger partial charge < -0.3 is 9.73 Å². The SMILES string of the molecule is Cc1cc(C)c(NC(=O)CSc2nnc(-c3ccccc3[N+](=O)[O-])o2)c([N+](=O)[O-])c1. The lowest BCUT2D eigenvalue weighted by molar-refractivity contribution is -0.384. The summed E-state index contributed by atoms with van der Waals surface area (Å²) in [6.45, 7) is 3.39. The smallest absolute Gasteiger partial charge is 0.293 e. The summed E-state index contributed by atoms with van der Waals surface area (Å²) in [6.07, 6.45) is 0. The van der Waals surface area contributed by atoms with Crippen molar-refractivity contribution in [3.63, 3.8) is 0 Å². The summed E-state index contributed by atoms with van der Waals surface area (Å²) in [5.41, 5.74) is 1.19. The molecular formula is C18H15N5O6S. The van der Waals surface area contributed by atoms with E-state index in [1.165, 1.54) is 24.3 Å². The zero-order valence-electron chi connectivity index (χ0n) is 15.8. The van der Waals surface area contributed by atoms with Crippen molar-refractivity contribution in [2.45, 2.75) is 19.1 Å². The van der Waals surface area contributed by atoms with Crippen molar-refractivity contribution >= 4 is 34.7 Å². The van der Waals surface area contributed by atoms with Gasteiger partial charge in [-0.1, -0.05) is 30.0 Å². The Hall–Kier alpha value is -3.80. The summed E-state index contributed by atoms with van der Waals surface area (Å²) < 4.78 is 5.41. The number of nitro groups is 2. The number of hydrogen-bond acceptors (Lipinski definition) is 9. The Morgan fingerprint density at radius 3 is 2.50 bits per heavy atom.